The zero-order valence-electron chi connectivity index (χ0n) is 27.9. The zero-order valence-corrected chi connectivity index (χ0v) is 31.1. The minimum Gasteiger partial charge on any atom is -0.468 e. The van der Waals surface area contributed by atoms with E-state index in [1.807, 2.05) is 20.8 Å². The van der Waals surface area contributed by atoms with Crippen LogP contribution >= 0.6 is 34.7 Å². The normalized spacial score (nSPS) is 13.0. The smallest absolute Gasteiger partial charge is 0.346 e. The van der Waals surface area contributed by atoms with E-state index in [2.05, 4.69) is 19.8 Å². The van der Waals surface area contributed by atoms with E-state index in [4.69, 9.17) is 11.6 Å². The van der Waals surface area contributed by atoms with E-state index in [-0.39, 0.29) is 31.4 Å². The van der Waals surface area contributed by atoms with Crippen molar-refractivity contribution in [3.05, 3.63) is 72.6 Å². The number of hydrogen-bond donors (Lipinski definition) is 0. The minimum absolute atomic E-state index is 0.0605. The molecule has 4 aromatic rings. The first-order valence-electron chi connectivity index (χ1n) is 15.3. The molecular formula is C31H37ClFN7O6S3. The molecule has 1 amide bonds. The lowest BCUT2D eigenvalue weighted by Gasteiger charge is -2.17. The number of carbonyl (C=O) groups is 2. The number of halogens is 2. The molecular weight excluding hydrogens is 717 g/mol. The van der Waals surface area contributed by atoms with Crippen LogP contribution in [0.5, 0.6) is 0 Å². The zero-order chi connectivity index (χ0) is 36.0. The highest BCUT2D eigenvalue weighted by Gasteiger charge is 2.28. The molecule has 0 atom stereocenters. The molecule has 2 aromatic carbocycles. The van der Waals surface area contributed by atoms with E-state index in [9.17, 15) is 27.2 Å². The summed E-state index contributed by atoms with van der Waals surface area (Å²) in [6, 6.07) is 5.85. The SMILES string of the molecule is CCN(CC)C(=O)n1cnc(S(=O)(=O)c2c(C)cc(C)cc2C)n1.COC(=O)CSc1cc(N=c2sc(=O)n3n2CCCC3)c(F)cc1Cl. The van der Waals surface area contributed by atoms with Gasteiger partial charge in [0.25, 0.3) is 5.16 Å². The molecule has 0 fully saturated rings. The number of aromatic nitrogens is 5. The molecule has 13 nitrogen and oxygen atoms in total. The number of amides is 1. The largest absolute Gasteiger partial charge is 0.468 e. The lowest BCUT2D eigenvalue weighted by molar-refractivity contribution is -0.137. The molecule has 2 aromatic heterocycles. The second-order valence-electron chi connectivity index (χ2n) is 11.0. The second-order valence-corrected chi connectivity index (χ2v) is 15.1. The van der Waals surface area contributed by atoms with E-state index < -0.39 is 27.7 Å². The van der Waals surface area contributed by atoms with Crippen LogP contribution in [0.1, 0.15) is 43.4 Å². The predicted molar refractivity (Wildman–Crippen MR) is 185 cm³/mol. The molecule has 0 saturated heterocycles. The van der Waals surface area contributed by atoms with Crippen LogP contribution in [-0.2, 0) is 32.5 Å². The van der Waals surface area contributed by atoms with Gasteiger partial charge in [-0.25, -0.2) is 32.3 Å². The second kappa shape index (κ2) is 16.3. The van der Waals surface area contributed by atoms with E-state index in [1.165, 1.54) is 18.1 Å². The summed E-state index contributed by atoms with van der Waals surface area (Å²) in [6.45, 7) is 11.4. The molecule has 0 saturated carbocycles. The summed E-state index contributed by atoms with van der Waals surface area (Å²) >= 11 is 8.17. The monoisotopic (exact) mass is 753 g/mol. The Morgan fingerprint density at radius 1 is 1.08 bits per heavy atom. The Kier molecular flexibility index (Phi) is 12.6. The average molecular weight is 754 g/mol. The Bertz CT molecular complexity index is 2080. The maximum absolute atomic E-state index is 14.3. The van der Waals surface area contributed by atoms with Gasteiger partial charge in [0.1, 0.15) is 17.8 Å². The van der Waals surface area contributed by atoms with E-state index in [1.54, 1.807) is 35.3 Å². The van der Waals surface area contributed by atoms with Gasteiger partial charge < -0.3 is 9.64 Å². The number of sulfone groups is 1. The minimum atomic E-state index is -3.88. The molecule has 49 heavy (non-hydrogen) atoms. The van der Waals surface area contributed by atoms with Crippen molar-refractivity contribution in [3.8, 4) is 0 Å². The summed E-state index contributed by atoms with van der Waals surface area (Å²) in [4.78, 5) is 46.3. The van der Waals surface area contributed by atoms with Crippen LogP contribution in [0, 0.1) is 26.6 Å². The molecule has 1 aliphatic rings. The fraction of sp³-hybridized carbons (Fsp3) is 0.419. The molecule has 0 unspecified atom stereocenters. The molecule has 0 radical (unpaired) electrons. The van der Waals surface area contributed by atoms with E-state index in [0.29, 0.717) is 47.0 Å². The molecule has 0 aliphatic carbocycles. The van der Waals surface area contributed by atoms with Crippen molar-refractivity contribution in [3.63, 3.8) is 0 Å². The third kappa shape index (κ3) is 8.69. The number of hydrogen-bond acceptors (Lipinski definition) is 11. The topological polar surface area (TPSA) is 151 Å². The summed E-state index contributed by atoms with van der Waals surface area (Å²) in [7, 11) is -2.59. The van der Waals surface area contributed by atoms with Crippen molar-refractivity contribution < 1.29 is 27.1 Å². The van der Waals surface area contributed by atoms with Crippen molar-refractivity contribution >= 4 is 62.2 Å². The third-order valence-electron chi connectivity index (χ3n) is 7.50. The van der Waals surface area contributed by atoms with Crippen LogP contribution in [0.25, 0.3) is 0 Å². The van der Waals surface area contributed by atoms with Gasteiger partial charge in [0.2, 0.25) is 14.6 Å². The highest BCUT2D eigenvalue weighted by atomic mass is 35.5. The molecule has 1 aliphatic heterocycles. The molecule has 5 rings (SSSR count). The van der Waals surface area contributed by atoms with Crippen molar-refractivity contribution in [1.82, 2.24) is 29.0 Å². The first kappa shape index (κ1) is 38.0. The molecule has 18 heteroatoms. The summed E-state index contributed by atoms with van der Waals surface area (Å²) in [6.07, 6.45) is 3.04. The number of benzene rings is 2. The summed E-state index contributed by atoms with van der Waals surface area (Å²) < 4.78 is 49.0. The number of ether oxygens (including phenoxy) is 1. The Balaban J connectivity index is 0.000000221. The number of esters is 1. The summed E-state index contributed by atoms with van der Waals surface area (Å²) in [5.41, 5.74) is 2.34. The maximum atomic E-state index is 14.3. The summed E-state index contributed by atoms with van der Waals surface area (Å²) in [5.74, 6) is -0.923. The predicted octanol–water partition coefficient (Wildman–Crippen LogP) is 5.14. The molecule has 264 valence electrons. The molecule has 0 spiro atoms. The van der Waals surface area contributed by atoms with Gasteiger partial charge in [-0.2, -0.15) is 4.68 Å². The van der Waals surface area contributed by atoms with Gasteiger partial charge in [-0.3, -0.25) is 14.3 Å². The fourth-order valence-electron chi connectivity index (χ4n) is 5.21. The van der Waals surface area contributed by atoms with E-state index in [0.717, 1.165) is 58.6 Å². The van der Waals surface area contributed by atoms with Crippen molar-refractivity contribution in [2.24, 2.45) is 4.99 Å². The molecule has 0 N–H and O–H groups in total. The van der Waals surface area contributed by atoms with Crippen LogP contribution in [0.4, 0.5) is 14.9 Å². The number of rotatable bonds is 8. The number of nitrogens with zero attached hydrogens (tertiary/aromatic N) is 7. The van der Waals surface area contributed by atoms with Gasteiger partial charge in [-0.15, -0.1) is 16.9 Å². The van der Waals surface area contributed by atoms with Crippen LogP contribution in [0.2, 0.25) is 5.02 Å². The van der Waals surface area contributed by atoms with E-state index >= 15 is 0 Å². The number of aryl methyl sites for hydroxylation is 3. The maximum Gasteiger partial charge on any atom is 0.346 e. The number of methoxy groups -OCH3 is 1. The van der Waals surface area contributed by atoms with Crippen molar-refractivity contribution in [2.45, 2.75) is 75.5 Å². The number of carbonyl (C=O) groups excluding carboxylic acids is 2. The van der Waals surface area contributed by atoms with Gasteiger partial charge >= 0.3 is 16.9 Å². The lowest BCUT2D eigenvalue weighted by atomic mass is 10.1. The Morgan fingerprint density at radius 2 is 1.71 bits per heavy atom. The third-order valence-corrected chi connectivity index (χ3v) is 11.7. The first-order chi connectivity index (χ1) is 23.2. The number of fused-ring (bicyclic) bond motifs is 1. The van der Waals surface area contributed by atoms with Gasteiger partial charge in [0.05, 0.1) is 22.8 Å². The van der Waals surface area contributed by atoms with Crippen molar-refractivity contribution in [1.29, 1.82) is 0 Å². The van der Waals surface area contributed by atoms with Gasteiger partial charge in [0.15, 0.2) is 0 Å². The van der Waals surface area contributed by atoms with Gasteiger partial charge in [-0.05, 0) is 82.1 Å². The quantitative estimate of drug-likeness (QED) is 0.176. The Hall–Kier alpha value is -3.80. The van der Waals surface area contributed by atoms with Crippen LogP contribution in [0.3, 0.4) is 0 Å². The van der Waals surface area contributed by atoms with Crippen molar-refractivity contribution in [2.75, 3.05) is 26.0 Å². The highest BCUT2D eigenvalue weighted by molar-refractivity contribution is 8.00. The first-order valence-corrected chi connectivity index (χ1v) is 19.0. The Labute approximate surface area is 296 Å². The van der Waals surface area contributed by atoms with Crippen LogP contribution < -0.4 is 9.67 Å². The summed E-state index contributed by atoms with van der Waals surface area (Å²) in [5, 5.41) is 3.74. The standard InChI is InChI=1S/C16H22N4O3S.C15H15ClFN3O3S2/c1-6-19(7-2)16(21)20-10-17-15(18-20)24(22,23)14-12(4)8-11(3)9-13(14)5;1-23-13(21)8-24-12-7-11(10(17)6-9(12)16)18-14-19-4-2-3-5-20(19)15(22)25-14/h8-10H,6-7H2,1-5H3;6-7H,2-5,8H2,1H3. The number of thioether (sulfide) groups is 1. The van der Waals surface area contributed by atoms with Gasteiger partial charge in [-0.1, -0.05) is 29.3 Å². The lowest BCUT2D eigenvalue weighted by Crippen LogP contribution is -2.34. The fourth-order valence-corrected chi connectivity index (χ4v) is 8.73. The Morgan fingerprint density at radius 3 is 2.33 bits per heavy atom. The average Bonchev–Trinajstić information content (AvgIpc) is 3.68. The molecule has 3 heterocycles. The van der Waals surface area contributed by atoms with Crippen LogP contribution in [-0.4, -0.2) is 75.4 Å². The highest BCUT2D eigenvalue weighted by Crippen LogP contribution is 2.33. The molecule has 0 bridgehead atoms. The van der Waals surface area contributed by atoms with Gasteiger partial charge in [0, 0.05) is 31.1 Å². The van der Waals surface area contributed by atoms with Crippen LogP contribution in [0.15, 0.2) is 55.3 Å².